The highest BCUT2D eigenvalue weighted by molar-refractivity contribution is 6.18. The van der Waals surface area contributed by atoms with E-state index in [0.717, 1.165) is 0 Å². The van der Waals surface area contributed by atoms with E-state index in [-0.39, 0.29) is 37.5 Å². The summed E-state index contributed by atoms with van der Waals surface area (Å²) in [4.78, 5) is 11.8. The molecular weight excluding hydrogens is 236 g/mol. The van der Waals surface area contributed by atoms with Gasteiger partial charge in [0, 0.05) is 30.2 Å². The normalized spacial score (nSPS) is 21.8. The van der Waals surface area contributed by atoms with Crippen molar-refractivity contribution in [2.45, 2.75) is 51.0 Å². The molecule has 0 aromatic carbocycles. The third kappa shape index (κ3) is 3.89. The Hall–Kier alpha value is -0.380. The molecule has 1 rings (SSSR count). The number of nitrogens with one attached hydrogen (secondary N) is 1. The number of hydrogen-bond acceptors (Lipinski definition) is 1. The summed E-state index contributed by atoms with van der Waals surface area (Å²) >= 11 is 5.69. The van der Waals surface area contributed by atoms with Crippen molar-refractivity contribution in [1.29, 1.82) is 0 Å². The molecule has 5 heteroatoms. The van der Waals surface area contributed by atoms with E-state index >= 15 is 0 Å². The lowest BCUT2D eigenvalue weighted by atomic mass is 9.86. The van der Waals surface area contributed by atoms with Crippen LogP contribution in [0.25, 0.3) is 0 Å². The first-order chi connectivity index (χ1) is 7.26. The molecule has 1 aliphatic rings. The highest BCUT2D eigenvalue weighted by Gasteiger charge is 2.38. The van der Waals surface area contributed by atoms with Crippen molar-refractivity contribution in [3.8, 4) is 0 Å². The first-order valence-electron chi connectivity index (χ1n) is 5.52. The molecule has 0 unspecified atom stereocenters. The lowest BCUT2D eigenvalue weighted by Crippen LogP contribution is -2.48. The standard InChI is InChI=1S/C11H18ClF2NO/c1-10(2,7-12)15-9(16)8-3-5-11(13,14)6-4-8/h8H,3-7H2,1-2H3,(H,15,16). The Labute approximate surface area is 99.7 Å². The number of rotatable bonds is 3. The zero-order valence-electron chi connectivity index (χ0n) is 9.66. The molecule has 0 aliphatic heterocycles. The zero-order chi connectivity index (χ0) is 12.4. The molecule has 0 atom stereocenters. The van der Waals surface area contributed by atoms with Crippen molar-refractivity contribution in [2.75, 3.05) is 5.88 Å². The summed E-state index contributed by atoms with van der Waals surface area (Å²) in [5, 5.41) is 2.79. The summed E-state index contributed by atoms with van der Waals surface area (Å²) < 4.78 is 25.8. The molecule has 0 aromatic rings. The van der Waals surface area contributed by atoms with Gasteiger partial charge in [-0.15, -0.1) is 11.6 Å². The molecule has 0 spiro atoms. The Bertz CT molecular complexity index is 259. The van der Waals surface area contributed by atoms with Crippen LogP contribution in [0.4, 0.5) is 8.78 Å². The van der Waals surface area contributed by atoms with Gasteiger partial charge < -0.3 is 5.32 Å². The summed E-state index contributed by atoms with van der Waals surface area (Å²) in [6, 6.07) is 0. The second-order valence-electron chi connectivity index (χ2n) is 5.14. The van der Waals surface area contributed by atoms with Gasteiger partial charge in [-0.1, -0.05) is 0 Å². The number of amides is 1. The van der Waals surface area contributed by atoms with E-state index in [4.69, 9.17) is 11.6 Å². The smallest absolute Gasteiger partial charge is 0.248 e. The predicted molar refractivity (Wildman–Crippen MR) is 59.8 cm³/mol. The quantitative estimate of drug-likeness (QED) is 0.770. The van der Waals surface area contributed by atoms with Crippen molar-refractivity contribution in [1.82, 2.24) is 5.32 Å². The van der Waals surface area contributed by atoms with E-state index in [1.165, 1.54) is 0 Å². The van der Waals surface area contributed by atoms with Crippen molar-refractivity contribution in [3.05, 3.63) is 0 Å². The van der Waals surface area contributed by atoms with E-state index in [0.29, 0.717) is 5.88 Å². The van der Waals surface area contributed by atoms with Gasteiger partial charge >= 0.3 is 0 Å². The largest absolute Gasteiger partial charge is 0.350 e. The molecule has 94 valence electrons. The molecule has 2 nitrogen and oxygen atoms in total. The van der Waals surface area contributed by atoms with Crippen molar-refractivity contribution in [3.63, 3.8) is 0 Å². The molecule has 16 heavy (non-hydrogen) atoms. The molecule has 0 aromatic heterocycles. The van der Waals surface area contributed by atoms with Gasteiger partial charge in [-0.25, -0.2) is 8.78 Å². The van der Waals surface area contributed by atoms with E-state index in [2.05, 4.69) is 5.32 Å². The van der Waals surface area contributed by atoms with Gasteiger partial charge in [0.15, 0.2) is 0 Å². The second-order valence-corrected chi connectivity index (χ2v) is 5.40. The fourth-order valence-electron chi connectivity index (χ4n) is 1.77. The van der Waals surface area contributed by atoms with Gasteiger partial charge in [0.25, 0.3) is 0 Å². The maximum absolute atomic E-state index is 12.9. The van der Waals surface area contributed by atoms with Crippen LogP contribution in [0, 0.1) is 5.92 Å². The van der Waals surface area contributed by atoms with Gasteiger partial charge in [-0.3, -0.25) is 4.79 Å². The number of alkyl halides is 3. The highest BCUT2D eigenvalue weighted by Crippen LogP contribution is 2.36. The maximum atomic E-state index is 12.9. The number of hydrogen-bond donors (Lipinski definition) is 1. The Morgan fingerprint density at radius 1 is 1.44 bits per heavy atom. The fraction of sp³-hybridized carbons (Fsp3) is 0.909. The van der Waals surface area contributed by atoms with Gasteiger partial charge in [0.2, 0.25) is 11.8 Å². The molecule has 1 saturated carbocycles. The molecule has 0 bridgehead atoms. The van der Waals surface area contributed by atoms with Crippen LogP contribution >= 0.6 is 11.6 Å². The molecule has 0 radical (unpaired) electrons. The third-order valence-corrected chi connectivity index (χ3v) is 3.55. The number of carbonyl (C=O) groups excluding carboxylic acids is 1. The summed E-state index contributed by atoms with van der Waals surface area (Å²) in [6.45, 7) is 3.63. The monoisotopic (exact) mass is 253 g/mol. The van der Waals surface area contributed by atoms with Crippen LogP contribution in [0.2, 0.25) is 0 Å². The van der Waals surface area contributed by atoms with Gasteiger partial charge in [0.05, 0.1) is 0 Å². The SMILES string of the molecule is CC(C)(CCl)NC(=O)C1CCC(F)(F)CC1. The van der Waals surface area contributed by atoms with E-state index < -0.39 is 11.5 Å². The van der Waals surface area contributed by atoms with Crippen LogP contribution < -0.4 is 5.32 Å². The lowest BCUT2D eigenvalue weighted by Gasteiger charge is -2.31. The van der Waals surface area contributed by atoms with Gasteiger partial charge in [0.1, 0.15) is 0 Å². The first-order valence-corrected chi connectivity index (χ1v) is 6.05. The summed E-state index contributed by atoms with van der Waals surface area (Å²) in [6.07, 6.45) is 0.146. The zero-order valence-corrected chi connectivity index (χ0v) is 10.4. The van der Waals surface area contributed by atoms with Crippen molar-refractivity contribution >= 4 is 17.5 Å². The highest BCUT2D eigenvalue weighted by atomic mass is 35.5. The van der Waals surface area contributed by atoms with Crippen molar-refractivity contribution < 1.29 is 13.6 Å². The minimum absolute atomic E-state index is 0.152. The maximum Gasteiger partial charge on any atom is 0.248 e. The fourth-order valence-corrected chi connectivity index (χ4v) is 1.84. The molecule has 1 N–H and O–H groups in total. The molecule has 1 aliphatic carbocycles. The van der Waals surface area contributed by atoms with Gasteiger partial charge in [-0.2, -0.15) is 0 Å². The third-order valence-electron chi connectivity index (χ3n) is 2.88. The Balaban J connectivity index is 2.45. The van der Waals surface area contributed by atoms with Crippen LogP contribution in [-0.4, -0.2) is 23.2 Å². The van der Waals surface area contributed by atoms with E-state index in [1.54, 1.807) is 0 Å². The average molecular weight is 254 g/mol. The molecule has 1 fully saturated rings. The summed E-state index contributed by atoms with van der Waals surface area (Å²) in [7, 11) is 0. The Morgan fingerprint density at radius 3 is 2.38 bits per heavy atom. The molecular formula is C11H18ClF2NO. The molecule has 0 saturated heterocycles. The molecule has 1 amide bonds. The Morgan fingerprint density at radius 2 is 1.94 bits per heavy atom. The minimum Gasteiger partial charge on any atom is -0.350 e. The van der Waals surface area contributed by atoms with E-state index in [1.807, 2.05) is 13.8 Å². The van der Waals surface area contributed by atoms with Gasteiger partial charge in [-0.05, 0) is 26.7 Å². The second kappa shape index (κ2) is 4.86. The predicted octanol–water partition coefficient (Wildman–Crippen LogP) is 2.95. The summed E-state index contributed by atoms with van der Waals surface area (Å²) in [5.41, 5.74) is -0.474. The average Bonchev–Trinajstić information content (AvgIpc) is 2.16. The lowest BCUT2D eigenvalue weighted by molar-refractivity contribution is -0.130. The van der Waals surface area contributed by atoms with Crippen LogP contribution in [0.5, 0.6) is 0 Å². The topological polar surface area (TPSA) is 29.1 Å². The van der Waals surface area contributed by atoms with Crippen LogP contribution in [0.3, 0.4) is 0 Å². The van der Waals surface area contributed by atoms with Crippen LogP contribution in [0.1, 0.15) is 39.5 Å². The van der Waals surface area contributed by atoms with Crippen molar-refractivity contribution in [2.24, 2.45) is 5.92 Å². The summed E-state index contributed by atoms with van der Waals surface area (Å²) in [5.74, 6) is -2.72. The van der Waals surface area contributed by atoms with Crippen LogP contribution in [0.15, 0.2) is 0 Å². The number of carbonyl (C=O) groups is 1. The van der Waals surface area contributed by atoms with Crippen LogP contribution in [-0.2, 0) is 4.79 Å². The first kappa shape index (κ1) is 13.7. The van der Waals surface area contributed by atoms with E-state index in [9.17, 15) is 13.6 Å². The Kier molecular flexibility index (Phi) is 4.16. The minimum atomic E-state index is -2.58. The molecule has 0 heterocycles. The number of halogens is 3.